The van der Waals surface area contributed by atoms with Gasteiger partial charge in [-0.1, -0.05) is 47.2 Å². The van der Waals surface area contributed by atoms with Gasteiger partial charge in [0, 0.05) is 18.6 Å². The smallest absolute Gasteiger partial charge is 0.232 e. The van der Waals surface area contributed by atoms with Crippen LogP contribution < -0.4 is 5.32 Å². The Labute approximate surface area is 197 Å². The number of hydrogen-bond donors (Lipinski definition) is 4. The van der Waals surface area contributed by atoms with E-state index in [0.29, 0.717) is 31.6 Å². The topological polar surface area (TPSA) is 98.8 Å². The van der Waals surface area contributed by atoms with Gasteiger partial charge >= 0.3 is 0 Å². The third-order valence-electron chi connectivity index (χ3n) is 6.24. The van der Waals surface area contributed by atoms with Crippen LogP contribution in [0, 0.1) is 12.8 Å². The Balaban J connectivity index is 1.84. The summed E-state index contributed by atoms with van der Waals surface area (Å²) in [5, 5.41) is 38.0. The molecule has 4 unspecified atom stereocenters. The molecule has 180 valence electrons. The number of aliphatic hydroxyl groups is 3. The standard InChI is InChI=1S/C27H39N2O4/c1-19(2)28-27-24(26(29-33-27)21-11-4-3-5-12-21)17-20(10-8-9-15-30)16-23(31)18-22-13-6-7-14-25(22)32/h4,6-7,11-12,16,19,22-23,25,28,30-32H,1,3,5,8-10,13-15,17-18H2,2H3/q+1/b20-16-. The van der Waals surface area contributed by atoms with Crippen molar-refractivity contribution >= 4 is 11.5 Å². The molecule has 1 aromatic heterocycles. The number of rotatable bonds is 12. The Morgan fingerprint density at radius 3 is 2.79 bits per heavy atom. The van der Waals surface area contributed by atoms with Crippen molar-refractivity contribution < 1.29 is 19.8 Å². The maximum absolute atomic E-state index is 10.9. The van der Waals surface area contributed by atoms with Crippen molar-refractivity contribution in [2.45, 2.75) is 83.0 Å². The van der Waals surface area contributed by atoms with Crippen LogP contribution in [0.15, 0.2) is 46.6 Å². The van der Waals surface area contributed by atoms with E-state index >= 15 is 0 Å². The maximum atomic E-state index is 10.9. The Hall–Kier alpha value is -2.28. The number of aliphatic hydroxyl groups excluding tert-OH is 3. The summed E-state index contributed by atoms with van der Waals surface area (Å²) in [7, 11) is 0. The first-order chi connectivity index (χ1) is 16.0. The zero-order valence-electron chi connectivity index (χ0n) is 19.7. The number of aromatic nitrogens is 1. The van der Waals surface area contributed by atoms with Crippen LogP contribution in [-0.4, -0.2) is 45.3 Å². The average molecular weight is 456 g/mol. The quantitative estimate of drug-likeness (QED) is 0.206. The van der Waals surface area contributed by atoms with E-state index in [0.717, 1.165) is 54.5 Å². The maximum Gasteiger partial charge on any atom is 0.232 e. The summed E-state index contributed by atoms with van der Waals surface area (Å²) in [5.74, 6) is 0.677. The molecule has 0 aliphatic heterocycles. The fraction of sp³-hybridized carbons (Fsp3) is 0.556. The SMILES string of the molecule is [CH2+]C(C)Nc1onc(C2=CCCC=C2)c1C/C(=C\C(O)CC1CC=CCC1O)CCCCO. The lowest BCUT2D eigenvalue weighted by molar-refractivity contribution is 0.0733. The Kier molecular flexibility index (Phi) is 9.85. The Bertz CT molecular complexity index is 865. The van der Waals surface area contributed by atoms with E-state index in [4.69, 9.17) is 4.52 Å². The lowest BCUT2D eigenvalue weighted by Crippen LogP contribution is -2.25. The molecule has 3 rings (SSSR count). The molecule has 0 aromatic carbocycles. The molecule has 2 aliphatic carbocycles. The van der Waals surface area contributed by atoms with E-state index in [9.17, 15) is 15.3 Å². The second-order valence-electron chi connectivity index (χ2n) is 9.28. The molecular formula is C27H39N2O4+. The van der Waals surface area contributed by atoms with E-state index in [2.05, 4.69) is 41.7 Å². The van der Waals surface area contributed by atoms with E-state index in [1.54, 1.807) is 0 Å². The van der Waals surface area contributed by atoms with E-state index in [1.165, 1.54) is 0 Å². The first-order valence-corrected chi connectivity index (χ1v) is 12.2. The van der Waals surface area contributed by atoms with Gasteiger partial charge < -0.3 is 25.2 Å². The van der Waals surface area contributed by atoms with Crippen molar-refractivity contribution in [1.82, 2.24) is 5.16 Å². The molecule has 4 N–H and O–H groups in total. The first kappa shape index (κ1) is 25.3. The Morgan fingerprint density at radius 1 is 1.27 bits per heavy atom. The molecule has 0 amide bonds. The van der Waals surface area contributed by atoms with Crippen molar-refractivity contribution in [2.75, 3.05) is 11.9 Å². The Morgan fingerprint density at radius 2 is 2.09 bits per heavy atom. The van der Waals surface area contributed by atoms with Gasteiger partial charge in [0.2, 0.25) is 5.88 Å². The fourth-order valence-corrected chi connectivity index (χ4v) is 4.51. The molecule has 0 saturated heterocycles. The molecule has 6 heteroatoms. The summed E-state index contributed by atoms with van der Waals surface area (Å²) in [6.45, 7) is 6.12. The fourth-order valence-electron chi connectivity index (χ4n) is 4.51. The highest BCUT2D eigenvalue weighted by Crippen LogP contribution is 2.33. The predicted molar refractivity (Wildman–Crippen MR) is 133 cm³/mol. The largest absolute Gasteiger partial charge is 0.396 e. The first-order valence-electron chi connectivity index (χ1n) is 12.2. The predicted octanol–water partition coefficient (Wildman–Crippen LogP) is 4.75. The molecule has 0 spiro atoms. The molecule has 0 radical (unpaired) electrons. The number of allylic oxidation sites excluding steroid dienone is 6. The van der Waals surface area contributed by atoms with Gasteiger partial charge in [0.05, 0.1) is 19.1 Å². The van der Waals surface area contributed by atoms with Gasteiger partial charge in [0.1, 0.15) is 5.69 Å². The molecule has 6 nitrogen and oxygen atoms in total. The van der Waals surface area contributed by atoms with Crippen molar-refractivity contribution in [3.8, 4) is 0 Å². The van der Waals surface area contributed by atoms with Gasteiger partial charge in [-0.05, 0) is 69.8 Å². The van der Waals surface area contributed by atoms with Gasteiger partial charge in [-0.15, -0.1) is 0 Å². The van der Waals surface area contributed by atoms with Crippen LogP contribution >= 0.6 is 0 Å². The summed E-state index contributed by atoms with van der Waals surface area (Å²) >= 11 is 0. The molecule has 0 saturated carbocycles. The van der Waals surface area contributed by atoms with Crippen molar-refractivity contribution in [1.29, 1.82) is 0 Å². The number of unbranched alkanes of at least 4 members (excludes halogenated alkanes) is 1. The van der Waals surface area contributed by atoms with Crippen molar-refractivity contribution in [3.05, 3.63) is 60.2 Å². The molecule has 33 heavy (non-hydrogen) atoms. The highest BCUT2D eigenvalue weighted by atomic mass is 16.5. The van der Waals surface area contributed by atoms with Crippen LogP contribution in [0.25, 0.3) is 5.57 Å². The highest BCUT2D eigenvalue weighted by Gasteiger charge is 2.24. The van der Waals surface area contributed by atoms with Gasteiger partial charge in [-0.25, -0.2) is 0 Å². The normalized spacial score (nSPS) is 22.8. The summed E-state index contributed by atoms with van der Waals surface area (Å²) < 4.78 is 5.68. The number of hydrogen-bond acceptors (Lipinski definition) is 6. The molecule has 4 atom stereocenters. The number of nitrogens with zero attached hydrogens (tertiary/aromatic N) is 1. The van der Waals surface area contributed by atoms with Crippen LogP contribution in [0.4, 0.5) is 5.88 Å². The molecule has 0 bridgehead atoms. The number of nitrogens with one attached hydrogen (secondary N) is 1. The minimum atomic E-state index is -0.638. The summed E-state index contributed by atoms with van der Waals surface area (Å²) in [5.41, 5.74) is 3.93. The summed E-state index contributed by atoms with van der Waals surface area (Å²) in [4.78, 5) is 0. The second-order valence-corrected chi connectivity index (χ2v) is 9.28. The molecular weight excluding hydrogens is 416 g/mol. The minimum Gasteiger partial charge on any atom is -0.396 e. The molecule has 0 fully saturated rings. The highest BCUT2D eigenvalue weighted by molar-refractivity contribution is 5.76. The summed E-state index contributed by atoms with van der Waals surface area (Å²) in [6, 6.07) is -0.0475. The lowest BCUT2D eigenvalue weighted by Gasteiger charge is -2.25. The van der Waals surface area contributed by atoms with Gasteiger partial charge in [0.25, 0.3) is 0 Å². The van der Waals surface area contributed by atoms with Gasteiger partial charge in [-0.2, -0.15) is 0 Å². The lowest BCUT2D eigenvalue weighted by atomic mass is 9.86. The van der Waals surface area contributed by atoms with Crippen LogP contribution in [0.5, 0.6) is 0 Å². The average Bonchev–Trinajstić information content (AvgIpc) is 3.17. The van der Waals surface area contributed by atoms with Crippen LogP contribution in [0.1, 0.15) is 69.5 Å². The zero-order valence-corrected chi connectivity index (χ0v) is 19.7. The minimum absolute atomic E-state index is 0.0475. The van der Waals surface area contributed by atoms with E-state index in [-0.39, 0.29) is 18.6 Å². The van der Waals surface area contributed by atoms with E-state index in [1.807, 2.05) is 19.1 Å². The van der Waals surface area contributed by atoms with E-state index < -0.39 is 12.2 Å². The molecule has 2 aliphatic rings. The molecule has 1 aromatic rings. The van der Waals surface area contributed by atoms with Crippen LogP contribution in [-0.2, 0) is 6.42 Å². The second kappa shape index (κ2) is 12.8. The van der Waals surface area contributed by atoms with Crippen LogP contribution in [0.2, 0.25) is 0 Å². The molecule has 1 heterocycles. The van der Waals surface area contributed by atoms with Crippen molar-refractivity contribution in [3.63, 3.8) is 0 Å². The van der Waals surface area contributed by atoms with Gasteiger partial charge in [-0.3, -0.25) is 0 Å². The van der Waals surface area contributed by atoms with Gasteiger partial charge in [0.15, 0.2) is 6.04 Å². The zero-order chi connectivity index (χ0) is 23.6. The number of anilines is 1. The summed E-state index contributed by atoms with van der Waals surface area (Å²) in [6.07, 6.45) is 18.3. The monoisotopic (exact) mass is 455 g/mol. The third-order valence-corrected chi connectivity index (χ3v) is 6.24. The third kappa shape index (κ3) is 7.63. The van der Waals surface area contributed by atoms with Crippen molar-refractivity contribution in [2.24, 2.45) is 5.92 Å². The van der Waals surface area contributed by atoms with Crippen LogP contribution in [0.3, 0.4) is 0 Å².